The molecule has 0 radical (unpaired) electrons. The fourth-order valence-electron chi connectivity index (χ4n) is 2.51. The Morgan fingerprint density at radius 2 is 2.16 bits per heavy atom. The summed E-state index contributed by atoms with van der Waals surface area (Å²) in [6, 6.07) is 0.253. The molecule has 2 rings (SSSR count). The van der Waals surface area contributed by atoms with Crippen LogP contribution in [0.15, 0.2) is 18.6 Å². The Labute approximate surface area is 116 Å². The van der Waals surface area contributed by atoms with E-state index in [9.17, 15) is 0 Å². The van der Waals surface area contributed by atoms with Crippen molar-refractivity contribution in [2.75, 3.05) is 13.2 Å². The van der Waals surface area contributed by atoms with Gasteiger partial charge in [-0.25, -0.2) is 0 Å². The smallest absolute Gasteiger partial charge is 0.0753 e. The molecule has 1 N–H and O–H groups in total. The SMILES string of the molecule is CC(NCCCOC1CCCCC1)c1cnccn1. The quantitative estimate of drug-likeness (QED) is 0.768. The van der Waals surface area contributed by atoms with Gasteiger partial charge in [0.15, 0.2) is 0 Å². The summed E-state index contributed by atoms with van der Waals surface area (Å²) in [5.74, 6) is 0. The molecule has 1 aliphatic rings. The lowest BCUT2D eigenvalue weighted by Crippen LogP contribution is -2.23. The van der Waals surface area contributed by atoms with Gasteiger partial charge >= 0.3 is 0 Å². The van der Waals surface area contributed by atoms with E-state index < -0.39 is 0 Å². The van der Waals surface area contributed by atoms with Crippen LogP contribution in [0.5, 0.6) is 0 Å². The van der Waals surface area contributed by atoms with Crippen LogP contribution in [-0.2, 0) is 4.74 Å². The summed E-state index contributed by atoms with van der Waals surface area (Å²) in [5, 5.41) is 3.45. The molecule has 0 aliphatic heterocycles. The van der Waals surface area contributed by atoms with E-state index >= 15 is 0 Å². The van der Waals surface area contributed by atoms with Crippen molar-refractivity contribution >= 4 is 0 Å². The van der Waals surface area contributed by atoms with Gasteiger partial charge < -0.3 is 10.1 Å². The summed E-state index contributed by atoms with van der Waals surface area (Å²) < 4.78 is 5.90. The zero-order valence-electron chi connectivity index (χ0n) is 11.8. The van der Waals surface area contributed by atoms with Gasteiger partial charge in [-0.3, -0.25) is 9.97 Å². The zero-order valence-corrected chi connectivity index (χ0v) is 11.8. The van der Waals surface area contributed by atoms with E-state index in [1.165, 1.54) is 32.1 Å². The molecular weight excluding hydrogens is 238 g/mol. The van der Waals surface area contributed by atoms with E-state index in [0.717, 1.165) is 25.3 Å². The lowest BCUT2D eigenvalue weighted by atomic mass is 9.98. The molecule has 1 aliphatic carbocycles. The second kappa shape index (κ2) is 8.23. The first kappa shape index (κ1) is 14.4. The van der Waals surface area contributed by atoms with Crippen molar-refractivity contribution in [3.05, 3.63) is 24.3 Å². The fourth-order valence-corrected chi connectivity index (χ4v) is 2.51. The van der Waals surface area contributed by atoms with Gasteiger partial charge in [-0.1, -0.05) is 19.3 Å². The highest BCUT2D eigenvalue weighted by Crippen LogP contribution is 2.20. The van der Waals surface area contributed by atoms with Gasteiger partial charge in [-0.15, -0.1) is 0 Å². The maximum absolute atomic E-state index is 5.90. The van der Waals surface area contributed by atoms with Crippen LogP contribution in [0.3, 0.4) is 0 Å². The van der Waals surface area contributed by atoms with Crippen molar-refractivity contribution in [3.8, 4) is 0 Å². The third-order valence-electron chi connectivity index (χ3n) is 3.70. The van der Waals surface area contributed by atoms with Crippen LogP contribution in [-0.4, -0.2) is 29.2 Å². The summed E-state index contributed by atoms with van der Waals surface area (Å²) in [6.07, 6.45) is 13.4. The highest BCUT2D eigenvalue weighted by Gasteiger charge is 2.13. The van der Waals surface area contributed by atoms with Gasteiger partial charge in [0.1, 0.15) is 0 Å². The molecule has 0 saturated heterocycles. The number of aromatic nitrogens is 2. The molecule has 1 unspecified atom stereocenters. The topological polar surface area (TPSA) is 47.0 Å². The Bertz CT molecular complexity index is 339. The maximum Gasteiger partial charge on any atom is 0.0753 e. The number of nitrogens with one attached hydrogen (secondary N) is 1. The predicted octanol–water partition coefficient (Wildman–Crippen LogP) is 2.87. The highest BCUT2D eigenvalue weighted by molar-refractivity contribution is 5.00. The van der Waals surface area contributed by atoms with Crippen LogP contribution in [0.25, 0.3) is 0 Å². The minimum atomic E-state index is 0.253. The summed E-state index contributed by atoms with van der Waals surface area (Å²) in [6.45, 7) is 3.95. The molecule has 1 aromatic rings. The first-order chi connectivity index (χ1) is 9.36. The summed E-state index contributed by atoms with van der Waals surface area (Å²) in [4.78, 5) is 8.38. The molecule has 19 heavy (non-hydrogen) atoms. The molecule has 0 spiro atoms. The first-order valence-corrected chi connectivity index (χ1v) is 7.47. The average Bonchev–Trinajstić information content (AvgIpc) is 2.49. The minimum absolute atomic E-state index is 0.253. The normalized spacial score (nSPS) is 18.4. The monoisotopic (exact) mass is 263 g/mol. The molecule has 106 valence electrons. The van der Waals surface area contributed by atoms with E-state index in [0.29, 0.717) is 6.10 Å². The van der Waals surface area contributed by atoms with Crippen LogP contribution < -0.4 is 5.32 Å². The van der Waals surface area contributed by atoms with Gasteiger partial charge in [0.25, 0.3) is 0 Å². The minimum Gasteiger partial charge on any atom is -0.378 e. The number of hydrogen-bond donors (Lipinski definition) is 1. The Kier molecular flexibility index (Phi) is 6.24. The third-order valence-corrected chi connectivity index (χ3v) is 3.70. The standard InChI is InChI=1S/C15H25N3O/c1-13(15-12-16-9-10-18-15)17-8-5-11-19-14-6-3-2-4-7-14/h9-10,12-14,17H,2-8,11H2,1H3. The molecule has 1 saturated carbocycles. The molecule has 1 heterocycles. The van der Waals surface area contributed by atoms with Gasteiger partial charge in [-0.05, 0) is 32.7 Å². The number of ether oxygens (including phenoxy) is 1. The van der Waals surface area contributed by atoms with Crippen molar-refractivity contribution in [3.63, 3.8) is 0 Å². The predicted molar refractivity (Wildman–Crippen MR) is 75.9 cm³/mol. The second-order valence-electron chi connectivity index (χ2n) is 5.29. The van der Waals surface area contributed by atoms with Crippen LogP contribution in [0.4, 0.5) is 0 Å². The van der Waals surface area contributed by atoms with Crippen molar-refractivity contribution in [2.45, 2.75) is 57.6 Å². The molecular formula is C15H25N3O. The van der Waals surface area contributed by atoms with Crippen molar-refractivity contribution < 1.29 is 4.74 Å². The van der Waals surface area contributed by atoms with Crippen molar-refractivity contribution in [1.82, 2.24) is 15.3 Å². The Morgan fingerprint density at radius 3 is 2.89 bits per heavy atom. The molecule has 1 atom stereocenters. The fraction of sp³-hybridized carbons (Fsp3) is 0.733. The molecule has 4 heteroatoms. The van der Waals surface area contributed by atoms with Crippen LogP contribution in [0.2, 0.25) is 0 Å². The lowest BCUT2D eigenvalue weighted by molar-refractivity contribution is 0.0271. The Hall–Kier alpha value is -1.00. The van der Waals surface area contributed by atoms with E-state index in [1.807, 2.05) is 6.20 Å². The van der Waals surface area contributed by atoms with E-state index in [1.54, 1.807) is 12.4 Å². The lowest BCUT2D eigenvalue weighted by Gasteiger charge is -2.22. The van der Waals surface area contributed by atoms with Gasteiger partial charge in [-0.2, -0.15) is 0 Å². The maximum atomic E-state index is 5.90. The molecule has 0 bridgehead atoms. The van der Waals surface area contributed by atoms with Gasteiger partial charge in [0.05, 0.1) is 11.8 Å². The molecule has 0 amide bonds. The summed E-state index contributed by atoms with van der Waals surface area (Å²) >= 11 is 0. The van der Waals surface area contributed by atoms with Crippen molar-refractivity contribution in [1.29, 1.82) is 0 Å². The van der Waals surface area contributed by atoms with Crippen LogP contribution in [0, 0.1) is 0 Å². The van der Waals surface area contributed by atoms with Crippen LogP contribution >= 0.6 is 0 Å². The molecule has 1 fully saturated rings. The van der Waals surface area contributed by atoms with E-state index in [-0.39, 0.29) is 6.04 Å². The van der Waals surface area contributed by atoms with Crippen LogP contribution in [0.1, 0.15) is 57.2 Å². The number of nitrogens with zero attached hydrogens (tertiary/aromatic N) is 2. The number of hydrogen-bond acceptors (Lipinski definition) is 4. The first-order valence-electron chi connectivity index (χ1n) is 7.47. The van der Waals surface area contributed by atoms with E-state index in [4.69, 9.17) is 4.74 Å². The highest BCUT2D eigenvalue weighted by atomic mass is 16.5. The largest absolute Gasteiger partial charge is 0.378 e. The zero-order chi connectivity index (χ0) is 13.3. The summed E-state index contributed by atoms with van der Waals surface area (Å²) in [5.41, 5.74) is 0.996. The third kappa shape index (κ3) is 5.25. The van der Waals surface area contributed by atoms with Crippen molar-refractivity contribution in [2.24, 2.45) is 0 Å². The summed E-state index contributed by atoms with van der Waals surface area (Å²) in [7, 11) is 0. The molecule has 4 nitrogen and oxygen atoms in total. The van der Waals surface area contributed by atoms with Gasteiger partial charge in [0, 0.05) is 31.2 Å². The molecule has 1 aromatic heterocycles. The van der Waals surface area contributed by atoms with Gasteiger partial charge in [0.2, 0.25) is 0 Å². The molecule has 0 aromatic carbocycles. The van der Waals surface area contributed by atoms with E-state index in [2.05, 4.69) is 22.2 Å². The average molecular weight is 263 g/mol. The second-order valence-corrected chi connectivity index (χ2v) is 5.29. The Balaban J connectivity index is 1.54. The number of rotatable bonds is 7. The Morgan fingerprint density at radius 1 is 1.32 bits per heavy atom.